The number of amides is 1. The lowest BCUT2D eigenvalue weighted by Crippen LogP contribution is -2.37. The van der Waals surface area contributed by atoms with E-state index < -0.39 is 15.9 Å². The van der Waals surface area contributed by atoms with Crippen LogP contribution in [0.2, 0.25) is 0 Å². The first-order valence-corrected chi connectivity index (χ1v) is 12.7. The molecule has 0 aromatic heterocycles. The molecule has 1 aliphatic heterocycles. The van der Waals surface area contributed by atoms with E-state index in [1.165, 1.54) is 29.6 Å². The third-order valence-corrected chi connectivity index (χ3v) is 7.68. The number of carbonyl (C=O) groups excluding carboxylic acids is 1. The summed E-state index contributed by atoms with van der Waals surface area (Å²) in [5.74, 6) is 1.29. The highest BCUT2D eigenvalue weighted by Gasteiger charge is 2.27. The summed E-state index contributed by atoms with van der Waals surface area (Å²) in [6, 6.07) is 11.6. The molecule has 0 spiro atoms. The molecular formula is C24H29N3O5S2. The Balaban J connectivity index is 1.55. The Kier molecular flexibility index (Phi) is 8.65. The molecule has 0 saturated carbocycles. The van der Waals surface area contributed by atoms with Crippen molar-refractivity contribution in [1.29, 1.82) is 0 Å². The van der Waals surface area contributed by atoms with Crippen molar-refractivity contribution in [3.05, 3.63) is 54.1 Å². The molecule has 2 N–H and O–H groups in total. The van der Waals surface area contributed by atoms with E-state index in [1.807, 2.05) is 0 Å². The van der Waals surface area contributed by atoms with Gasteiger partial charge in [0, 0.05) is 24.9 Å². The summed E-state index contributed by atoms with van der Waals surface area (Å²) in [5, 5.41) is 5.55. The lowest BCUT2D eigenvalue weighted by molar-refractivity contribution is -0.115. The summed E-state index contributed by atoms with van der Waals surface area (Å²) in [6.45, 7) is 3.21. The molecular weight excluding hydrogens is 474 g/mol. The maximum atomic E-state index is 12.8. The standard InChI is InChI=1S/C24H29N3O5S2/c1-17-12-14-27(15-13-17)34(29,30)20-8-6-19(7-9-20)25-24(33)26-23(28)11-5-18-4-10-21(31-2)22(16-18)32-3/h4-11,16-17H,12-15H2,1-3H3,(H2,25,26,28,33). The Bertz CT molecular complexity index is 1160. The van der Waals surface area contributed by atoms with Crippen LogP contribution in [0.1, 0.15) is 25.3 Å². The molecule has 2 aromatic carbocycles. The number of hydrogen-bond donors (Lipinski definition) is 2. The number of anilines is 1. The third-order valence-electron chi connectivity index (χ3n) is 5.56. The minimum absolute atomic E-state index is 0.0996. The largest absolute Gasteiger partial charge is 0.493 e. The van der Waals surface area contributed by atoms with Gasteiger partial charge in [-0.15, -0.1) is 0 Å². The molecule has 0 bridgehead atoms. The van der Waals surface area contributed by atoms with Gasteiger partial charge in [-0.2, -0.15) is 4.31 Å². The van der Waals surface area contributed by atoms with E-state index >= 15 is 0 Å². The second-order valence-corrected chi connectivity index (χ2v) is 10.3. The van der Waals surface area contributed by atoms with Gasteiger partial charge in [0.25, 0.3) is 0 Å². The lowest BCUT2D eigenvalue weighted by Gasteiger charge is -2.29. The van der Waals surface area contributed by atoms with E-state index in [1.54, 1.807) is 43.5 Å². The Morgan fingerprint density at radius 2 is 1.71 bits per heavy atom. The van der Waals surface area contributed by atoms with Crippen molar-refractivity contribution in [1.82, 2.24) is 9.62 Å². The molecule has 34 heavy (non-hydrogen) atoms. The lowest BCUT2D eigenvalue weighted by atomic mass is 10.0. The predicted molar refractivity (Wildman–Crippen MR) is 137 cm³/mol. The van der Waals surface area contributed by atoms with Gasteiger partial charge < -0.3 is 14.8 Å². The fourth-order valence-electron chi connectivity index (χ4n) is 3.53. The fraction of sp³-hybridized carbons (Fsp3) is 0.333. The van der Waals surface area contributed by atoms with Crippen LogP contribution < -0.4 is 20.1 Å². The molecule has 10 heteroatoms. The number of carbonyl (C=O) groups is 1. The summed E-state index contributed by atoms with van der Waals surface area (Å²) in [5.41, 5.74) is 1.33. The van der Waals surface area contributed by atoms with E-state index in [0.717, 1.165) is 18.4 Å². The minimum Gasteiger partial charge on any atom is -0.493 e. The molecule has 1 aliphatic rings. The highest BCUT2D eigenvalue weighted by atomic mass is 32.2. The van der Waals surface area contributed by atoms with Crippen LogP contribution >= 0.6 is 12.2 Å². The normalized spacial score (nSPS) is 15.1. The van der Waals surface area contributed by atoms with Crippen molar-refractivity contribution in [2.45, 2.75) is 24.7 Å². The number of rotatable bonds is 7. The van der Waals surface area contributed by atoms with Gasteiger partial charge in [-0.05, 0) is 79.0 Å². The Labute approximate surface area is 206 Å². The summed E-state index contributed by atoms with van der Waals surface area (Å²) < 4.78 is 37.7. The first kappa shape index (κ1) is 25.7. The van der Waals surface area contributed by atoms with Crippen molar-refractivity contribution >= 4 is 45.0 Å². The van der Waals surface area contributed by atoms with Gasteiger partial charge in [-0.25, -0.2) is 8.42 Å². The molecule has 1 heterocycles. The van der Waals surface area contributed by atoms with Crippen molar-refractivity contribution in [3.8, 4) is 11.5 Å². The number of methoxy groups -OCH3 is 2. The van der Waals surface area contributed by atoms with Crippen molar-refractivity contribution in [2.24, 2.45) is 5.92 Å². The first-order valence-electron chi connectivity index (χ1n) is 10.8. The minimum atomic E-state index is -3.52. The zero-order chi connectivity index (χ0) is 24.7. The maximum Gasteiger partial charge on any atom is 0.250 e. The van der Waals surface area contributed by atoms with Crippen LogP contribution in [-0.2, 0) is 14.8 Å². The first-order chi connectivity index (χ1) is 16.2. The highest BCUT2D eigenvalue weighted by molar-refractivity contribution is 7.89. The molecule has 8 nitrogen and oxygen atoms in total. The fourth-order valence-corrected chi connectivity index (χ4v) is 5.22. The zero-order valence-corrected chi connectivity index (χ0v) is 21.0. The van der Waals surface area contributed by atoms with Gasteiger partial charge in [0.15, 0.2) is 16.6 Å². The van der Waals surface area contributed by atoms with Crippen LogP contribution in [0.3, 0.4) is 0 Å². The van der Waals surface area contributed by atoms with Gasteiger partial charge in [-0.3, -0.25) is 10.1 Å². The molecule has 0 atom stereocenters. The van der Waals surface area contributed by atoms with Crippen molar-refractivity contribution in [2.75, 3.05) is 32.6 Å². The monoisotopic (exact) mass is 503 g/mol. The molecule has 1 amide bonds. The SMILES string of the molecule is COc1ccc(C=CC(=O)NC(=S)Nc2ccc(S(=O)(=O)N3CCC(C)CC3)cc2)cc1OC. The molecule has 2 aromatic rings. The maximum absolute atomic E-state index is 12.8. The number of hydrogen-bond acceptors (Lipinski definition) is 6. The van der Waals surface area contributed by atoms with Crippen LogP contribution in [0, 0.1) is 5.92 Å². The second-order valence-electron chi connectivity index (χ2n) is 8.00. The summed E-state index contributed by atoms with van der Waals surface area (Å²) in [4.78, 5) is 12.4. The molecule has 3 rings (SSSR count). The van der Waals surface area contributed by atoms with Crippen LogP contribution in [0.5, 0.6) is 11.5 Å². The number of ether oxygens (including phenoxy) is 2. The molecule has 1 saturated heterocycles. The Morgan fingerprint density at radius 3 is 2.32 bits per heavy atom. The van der Waals surface area contributed by atoms with E-state index in [2.05, 4.69) is 17.6 Å². The van der Waals surface area contributed by atoms with E-state index in [-0.39, 0.29) is 10.0 Å². The number of nitrogens with one attached hydrogen (secondary N) is 2. The molecule has 1 fully saturated rings. The van der Waals surface area contributed by atoms with Crippen LogP contribution in [0.4, 0.5) is 5.69 Å². The number of thiocarbonyl (C=S) groups is 1. The number of nitrogens with zero attached hydrogens (tertiary/aromatic N) is 1. The molecule has 0 unspecified atom stereocenters. The number of sulfonamides is 1. The topological polar surface area (TPSA) is 97.0 Å². The van der Waals surface area contributed by atoms with Gasteiger partial charge in [0.05, 0.1) is 19.1 Å². The van der Waals surface area contributed by atoms with Gasteiger partial charge in [0.1, 0.15) is 0 Å². The predicted octanol–water partition coefficient (Wildman–Crippen LogP) is 3.65. The van der Waals surface area contributed by atoms with Crippen LogP contribution in [0.25, 0.3) is 6.08 Å². The summed E-state index contributed by atoms with van der Waals surface area (Å²) in [6.07, 6.45) is 4.71. The number of benzene rings is 2. The molecule has 182 valence electrons. The van der Waals surface area contributed by atoms with Crippen LogP contribution in [0.15, 0.2) is 53.4 Å². The van der Waals surface area contributed by atoms with Crippen molar-refractivity contribution < 1.29 is 22.7 Å². The average molecular weight is 504 g/mol. The van der Waals surface area contributed by atoms with E-state index in [9.17, 15) is 13.2 Å². The molecule has 0 aliphatic carbocycles. The Morgan fingerprint density at radius 1 is 1.06 bits per heavy atom. The highest BCUT2D eigenvalue weighted by Crippen LogP contribution is 2.28. The van der Waals surface area contributed by atoms with Crippen molar-refractivity contribution in [3.63, 3.8) is 0 Å². The Hall–Kier alpha value is -2.95. The summed E-state index contributed by atoms with van der Waals surface area (Å²) in [7, 11) is -0.424. The smallest absolute Gasteiger partial charge is 0.250 e. The van der Waals surface area contributed by atoms with E-state index in [0.29, 0.717) is 36.2 Å². The second kappa shape index (κ2) is 11.5. The number of piperidine rings is 1. The molecule has 0 radical (unpaired) electrons. The zero-order valence-electron chi connectivity index (χ0n) is 19.4. The van der Waals surface area contributed by atoms with Gasteiger partial charge in [0.2, 0.25) is 15.9 Å². The average Bonchev–Trinajstić information content (AvgIpc) is 2.83. The summed E-state index contributed by atoms with van der Waals surface area (Å²) >= 11 is 5.20. The van der Waals surface area contributed by atoms with Crippen LogP contribution in [-0.4, -0.2) is 51.1 Å². The van der Waals surface area contributed by atoms with E-state index in [4.69, 9.17) is 21.7 Å². The van der Waals surface area contributed by atoms with Gasteiger partial charge in [-0.1, -0.05) is 13.0 Å². The third kappa shape index (κ3) is 6.55. The van der Waals surface area contributed by atoms with Gasteiger partial charge >= 0.3 is 0 Å². The quantitative estimate of drug-likeness (QED) is 0.440.